The molecule has 0 N–H and O–H groups in total. The van der Waals surface area contributed by atoms with Crippen LogP contribution < -0.4 is 10.3 Å². The molecule has 0 aliphatic carbocycles. The van der Waals surface area contributed by atoms with E-state index >= 15 is 0 Å². The minimum absolute atomic E-state index is 0.0879. The van der Waals surface area contributed by atoms with Crippen LogP contribution >= 0.6 is 34.2 Å². The first-order chi connectivity index (χ1) is 9.65. The number of fused-ring (bicyclic) bond motifs is 1. The highest BCUT2D eigenvalue weighted by atomic mass is 127. The Kier molecular flexibility index (Phi) is 3.98. The van der Waals surface area contributed by atoms with Gasteiger partial charge in [0.1, 0.15) is 14.5 Å². The fourth-order valence-electron chi connectivity index (χ4n) is 2.25. The largest absolute Gasteiger partial charge is 0.493 e. The molecule has 6 heteroatoms. The third kappa shape index (κ3) is 2.69. The standard InChI is InChI=1S/C14H12ClIN2O2/c15-13-12(16)14(19)18(8-17-13)5-3-9-1-2-11-10(7-9)4-6-20-11/h1-2,7-8H,3-6H2. The molecule has 1 aliphatic rings. The summed E-state index contributed by atoms with van der Waals surface area (Å²) in [7, 11) is 0. The van der Waals surface area contributed by atoms with Crippen molar-refractivity contribution < 1.29 is 4.74 Å². The van der Waals surface area contributed by atoms with Crippen LogP contribution in [0.1, 0.15) is 11.1 Å². The van der Waals surface area contributed by atoms with Crippen LogP contribution in [0.3, 0.4) is 0 Å². The third-order valence-corrected chi connectivity index (χ3v) is 4.91. The van der Waals surface area contributed by atoms with Gasteiger partial charge in [-0.2, -0.15) is 0 Å². The van der Waals surface area contributed by atoms with Crippen LogP contribution in [0.4, 0.5) is 0 Å². The zero-order chi connectivity index (χ0) is 14.1. The monoisotopic (exact) mass is 402 g/mol. The van der Waals surface area contributed by atoms with Gasteiger partial charge in [-0.25, -0.2) is 4.98 Å². The molecule has 104 valence electrons. The highest BCUT2D eigenvalue weighted by Crippen LogP contribution is 2.26. The first kappa shape index (κ1) is 13.9. The molecular weight excluding hydrogens is 391 g/mol. The van der Waals surface area contributed by atoms with Gasteiger partial charge in [-0.3, -0.25) is 9.36 Å². The minimum atomic E-state index is -0.0879. The fraction of sp³-hybridized carbons (Fsp3) is 0.286. The van der Waals surface area contributed by atoms with Gasteiger partial charge in [-0.05, 0) is 46.2 Å². The molecule has 3 rings (SSSR count). The number of aryl methyl sites for hydroxylation is 2. The maximum absolute atomic E-state index is 12.0. The number of hydrogen-bond donors (Lipinski definition) is 0. The van der Waals surface area contributed by atoms with Crippen molar-refractivity contribution in [3.8, 4) is 5.75 Å². The Morgan fingerprint density at radius 3 is 3.15 bits per heavy atom. The molecule has 20 heavy (non-hydrogen) atoms. The summed E-state index contributed by atoms with van der Waals surface area (Å²) in [5, 5.41) is 0.265. The highest BCUT2D eigenvalue weighted by Gasteiger charge is 2.12. The maximum atomic E-state index is 12.0. The smallest absolute Gasteiger partial charge is 0.268 e. The summed E-state index contributed by atoms with van der Waals surface area (Å²) in [4.78, 5) is 16.0. The van der Waals surface area contributed by atoms with Crippen LogP contribution in [0.2, 0.25) is 5.15 Å². The molecule has 0 spiro atoms. The van der Waals surface area contributed by atoms with Gasteiger partial charge in [0.15, 0.2) is 0 Å². The Hall–Kier alpha value is -1.08. The SMILES string of the molecule is O=c1c(I)c(Cl)ncn1CCc1ccc2c(c1)CCO2. The Morgan fingerprint density at radius 2 is 2.30 bits per heavy atom. The van der Waals surface area contributed by atoms with Gasteiger partial charge in [0.2, 0.25) is 0 Å². The predicted octanol–water partition coefficient (Wildman–Crippen LogP) is 2.68. The molecule has 0 saturated carbocycles. The lowest BCUT2D eigenvalue weighted by Crippen LogP contribution is -2.24. The van der Waals surface area contributed by atoms with Crippen LogP contribution in [0.5, 0.6) is 5.75 Å². The molecule has 1 aliphatic heterocycles. The van der Waals surface area contributed by atoms with E-state index in [9.17, 15) is 4.79 Å². The van der Waals surface area contributed by atoms with Crippen molar-refractivity contribution in [2.45, 2.75) is 19.4 Å². The van der Waals surface area contributed by atoms with Crippen molar-refractivity contribution in [2.75, 3.05) is 6.61 Å². The van der Waals surface area contributed by atoms with Gasteiger partial charge in [-0.1, -0.05) is 23.7 Å². The average molecular weight is 403 g/mol. The van der Waals surface area contributed by atoms with Crippen molar-refractivity contribution in [1.29, 1.82) is 0 Å². The summed E-state index contributed by atoms with van der Waals surface area (Å²) >= 11 is 7.75. The summed E-state index contributed by atoms with van der Waals surface area (Å²) in [5.74, 6) is 0.980. The van der Waals surface area contributed by atoms with Crippen molar-refractivity contribution in [3.05, 3.63) is 54.7 Å². The average Bonchev–Trinajstić information content (AvgIpc) is 2.91. The van der Waals surface area contributed by atoms with Crippen LogP contribution in [0.15, 0.2) is 29.3 Å². The van der Waals surface area contributed by atoms with Crippen molar-refractivity contribution >= 4 is 34.2 Å². The van der Waals surface area contributed by atoms with Crippen molar-refractivity contribution in [2.24, 2.45) is 0 Å². The summed E-state index contributed by atoms with van der Waals surface area (Å²) in [6.07, 6.45) is 3.25. The number of aromatic nitrogens is 2. The van der Waals surface area contributed by atoms with Gasteiger partial charge in [0.25, 0.3) is 5.56 Å². The molecule has 0 amide bonds. The van der Waals surface area contributed by atoms with E-state index in [1.165, 1.54) is 17.5 Å². The zero-order valence-corrected chi connectivity index (χ0v) is 13.5. The van der Waals surface area contributed by atoms with Crippen LogP contribution in [-0.4, -0.2) is 16.2 Å². The molecular formula is C14H12ClIN2O2. The van der Waals surface area contributed by atoms with Gasteiger partial charge in [0.05, 0.1) is 12.9 Å². The zero-order valence-electron chi connectivity index (χ0n) is 10.6. The Bertz CT molecular complexity index is 715. The normalized spacial score (nSPS) is 13.1. The molecule has 2 heterocycles. The second-order valence-electron chi connectivity index (χ2n) is 4.64. The second-order valence-corrected chi connectivity index (χ2v) is 6.08. The molecule has 2 aromatic rings. The number of rotatable bonds is 3. The molecule has 4 nitrogen and oxygen atoms in total. The fourth-order valence-corrected chi connectivity index (χ4v) is 2.82. The number of benzene rings is 1. The Morgan fingerprint density at radius 1 is 1.45 bits per heavy atom. The molecule has 1 aromatic heterocycles. The van der Waals surface area contributed by atoms with Crippen LogP contribution in [0, 0.1) is 3.57 Å². The molecule has 0 unspecified atom stereocenters. The molecule has 0 fully saturated rings. The van der Waals surface area contributed by atoms with E-state index in [0.29, 0.717) is 10.1 Å². The lowest BCUT2D eigenvalue weighted by Gasteiger charge is -2.07. The first-order valence-corrected chi connectivity index (χ1v) is 7.76. The third-order valence-electron chi connectivity index (χ3n) is 3.34. The molecule has 0 bridgehead atoms. The van der Waals surface area contributed by atoms with E-state index in [-0.39, 0.29) is 10.7 Å². The van der Waals surface area contributed by atoms with Crippen molar-refractivity contribution in [3.63, 3.8) is 0 Å². The van der Waals surface area contributed by atoms with E-state index in [1.54, 1.807) is 4.57 Å². The van der Waals surface area contributed by atoms with Crippen LogP contribution in [0.25, 0.3) is 0 Å². The number of nitrogens with zero attached hydrogens (tertiary/aromatic N) is 2. The minimum Gasteiger partial charge on any atom is -0.493 e. The number of hydrogen-bond acceptors (Lipinski definition) is 3. The van der Waals surface area contributed by atoms with Gasteiger partial charge in [-0.15, -0.1) is 0 Å². The number of halogens is 2. The lowest BCUT2D eigenvalue weighted by atomic mass is 10.1. The highest BCUT2D eigenvalue weighted by molar-refractivity contribution is 14.1. The van der Waals surface area contributed by atoms with E-state index in [0.717, 1.165) is 25.2 Å². The Labute approximate surface area is 134 Å². The van der Waals surface area contributed by atoms with E-state index in [1.807, 2.05) is 34.7 Å². The predicted molar refractivity (Wildman–Crippen MR) is 85.6 cm³/mol. The summed E-state index contributed by atoms with van der Waals surface area (Å²) < 4.78 is 7.54. The maximum Gasteiger partial charge on any atom is 0.268 e. The molecule has 0 radical (unpaired) electrons. The molecule has 0 saturated heterocycles. The van der Waals surface area contributed by atoms with E-state index in [4.69, 9.17) is 16.3 Å². The molecule has 0 atom stereocenters. The van der Waals surface area contributed by atoms with Gasteiger partial charge < -0.3 is 4.74 Å². The van der Waals surface area contributed by atoms with Crippen molar-refractivity contribution in [1.82, 2.24) is 9.55 Å². The summed E-state index contributed by atoms with van der Waals surface area (Å²) in [5.41, 5.74) is 2.36. The molecule has 1 aromatic carbocycles. The van der Waals surface area contributed by atoms with Gasteiger partial charge >= 0.3 is 0 Å². The topological polar surface area (TPSA) is 44.1 Å². The van der Waals surface area contributed by atoms with E-state index in [2.05, 4.69) is 11.1 Å². The van der Waals surface area contributed by atoms with Crippen LogP contribution in [-0.2, 0) is 19.4 Å². The lowest BCUT2D eigenvalue weighted by molar-refractivity contribution is 0.357. The Balaban J connectivity index is 1.77. The van der Waals surface area contributed by atoms with Gasteiger partial charge in [0, 0.05) is 13.0 Å². The summed E-state index contributed by atoms with van der Waals surface area (Å²) in [6, 6.07) is 6.20. The second kappa shape index (κ2) is 5.73. The quantitative estimate of drug-likeness (QED) is 0.586. The number of ether oxygens (including phenoxy) is 1. The summed E-state index contributed by atoms with van der Waals surface area (Å²) in [6.45, 7) is 1.36. The first-order valence-electron chi connectivity index (χ1n) is 6.30. The van der Waals surface area contributed by atoms with E-state index < -0.39 is 0 Å².